The summed E-state index contributed by atoms with van der Waals surface area (Å²) in [6.45, 7) is 2.40. The van der Waals surface area contributed by atoms with Gasteiger partial charge < -0.3 is 15.2 Å². The Kier molecular flexibility index (Phi) is 7.04. The standard InChI is InChI=1S/C21H24N4.C9H17N/c1-2-7-15(8-3-1)18-13-17-20(24-18)22-14-23-21(17)25-12-6-10-16-9-4-5-11-19(16)25;1-2-6-9-8(4-1)5-3-7-10-9/h1-3,7-8,13-14,16,19H,4-6,9-12H2,(H,22,23,24);8-10H,1-7H2. The molecule has 5 nitrogen and oxygen atoms in total. The third-order valence-corrected chi connectivity index (χ3v) is 9.07. The van der Waals surface area contributed by atoms with Crippen molar-refractivity contribution in [1.82, 2.24) is 20.3 Å². The minimum absolute atomic E-state index is 0.663. The van der Waals surface area contributed by atoms with E-state index in [-0.39, 0.29) is 0 Å². The normalized spacial score (nSPS) is 28.5. The zero-order valence-electron chi connectivity index (χ0n) is 21.1. The number of hydrogen-bond acceptors (Lipinski definition) is 4. The summed E-state index contributed by atoms with van der Waals surface area (Å²) >= 11 is 0. The van der Waals surface area contributed by atoms with Gasteiger partial charge >= 0.3 is 0 Å². The Morgan fingerprint density at radius 2 is 1.54 bits per heavy atom. The zero-order valence-corrected chi connectivity index (χ0v) is 21.1. The van der Waals surface area contributed by atoms with Crippen molar-refractivity contribution in [3.8, 4) is 11.3 Å². The number of nitrogens with zero attached hydrogens (tertiary/aromatic N) is 3. The van der Waals surface area contributed by atoms with Crippen LogP contribution < -0.4 is 10.2 Å². The molecule has 4 aliphatic rings. The third kappa shape index (κ3) is 4.97. The first-order valence-corrected chi connectivity index (χ1v) is 14.3. The summed E-state index contributed by atoms with van der Waals surface area (Å²) in [7, 11) is 0. The fourth-order valence-electron chi connectivity index (χ4n) is 7.29. The van der Waals surface area contributed by atoms with Crippen molar-refractivity contribution in [2.75, 3.05) is 18.0 Å². The monoisotopic (exact) mass is 471 g/mol. The van der Waals surface area contributed by atoms with Crippen LogP contribution in [0.3, 0.4) is 0 Å². The summed E-state index contributed by atoms with van der Waals surface area (Å²) in [6.07, 6.45) is 18.7. The average Bonchev–Trinajstić information content (AvgIpc) is 3.39. The van der Waals surface area contributed by atoms with Crippen molar-refractivity contribution in [2.24, 2.45) is 11.8 Å². The van der Waals surface area contributed by atoms with Gasteiger partial charge in [-0.3, -0.25) is 0 Å². The lowest BCUT2D eigenvalue weighted by atomic mass is 9.78. The van der Waals surface area contributed by atoms with Gasteiger partial charge in [-0.1, -0.05) is 56.0 Å². The topological polar surface area (TPSA) is 56.8 Å². The lowest BCUT2D eigenvalue weighted by Gasteiger charge is -2.44. The molecule has 2 aromatic heterocycles. The second-order valence-corrected chi connectivity index (χ2v) is 11.2. The maximum absolute atomic E-state index is 4.72. The molecule has 1 aromatic carbocycles. The van der Waals surface area contributed by atoms with Crippen molar-refractivity contribution in [3.05, 3.63) is 42.7 Å². The molecule has 2 aliphatic heterocycles. The van der Waals surface area contributed by atoms with Crippen LogP contribution in [-0.4, -0.2) is 40.1 Å². The third-order valence-electron chi connectivity index (χ3n) is 9.07. The Bertz CT molecular complexity index is 1060. The molecule has 4 unspecified atom stereocenters. The molecule has 5 heteroatoms. The number of hydrogen-bond donors (Lipinski definition) is 2. The van der Waals surface area contributed by atoms with Gasteiger partial charge in [-0.05, 0) is 81.4 Å². The van der Waals surface area contributed by atoms with Gasteiger partial charge in [0.2, 0.25) is 0 Å². The molecule has 186 valence electrons. The molecule has 4 fully saturated rings. The maximum atomic E-state index is 4.72. The summed E-state index contributed by atoms with van der Waals surface area (Å²) in [4.78, 5) is 15.3. The largest absolute Gasteiger partial charge is 0.353 e. The minimum atomic E-state index is 0.663. The highest BCUT2D eigenvalue weighted by Gasteiger charge is 2.34. The molecular formula is C30H41N5. The molecule has 0 amide bonds. The van der Waals surface area contributed by atoms with E-state index in [4.69, 9.17) is 4.98 Å². The molecule has 0 spiro atoms. The molecule has 0 radical (unpaired) electrons. The van der Waals surface area contributed by atoms with E-state index >= 15 is 0 Å². The summed E-state index contributed by atoms with van der Waals surface area (Å²) in [5.74, 6) is 3.02. The van der Waals surface area contributed by atoms with Gasteiger partial charge in [0, 0.05) is 24.3 Å². The molecule has 4 atom stereocenters. The Labute approximate surface area is 210 Å². The number of piperidine rings is 2. The van der Waals surface area contributed by atoms with E-state index in [9.17, 15) is 0 Å². The molecule has 2 N–H and O–H groups in total. The van der Waals surface area contributed by atoms with Crippen LogP contribution in [0.1, 0.15) is 77.0 Å². The fraction of sp³-hybridized carbons (Fsp3) is 0.600. The number of aromatic nitrogens is 3. The molecule has 35 heavy (non-hydrogen) atoms. The SMILES string of the molecule is C1CCC2NCCCC2C1.c1ccc(-c2cc3c(N4CCCC5CCCCC54)ncnc3[nH]2)cc1. The van der Waals surface area contributed by atoms with Gasteiger partial charge in [-0.15, -0.1) is 0 Å². The van der Waals surface area contributed by atoms with Crippen LogP contribution in [0.4, 0.5) is 5.82 Å². The van der Waals surface area contributed by atoms with Crippen LogP contribution in [0.15, 0.2) is 42.7 Å². The summed E-state index contributed by atoms with van der Waals surface area (Å²) in [6, 6.07) is 14.3. The number of anilines is 1. The van der Waals surface area contributed by atoms with E-state index in [1.807, 2.05) is 6.07 Å². The van der Waals surface area contributed by atoms with Gasteiger partial charge in [-0.25, -0.2) is 9.97 Å². The van der Waals surface area contributed by atoms with Crippen LogP contribution in [0, 0.1) is 11.8 Å². The van der Waals surface area contributed by atoms with Crippen molar-refractivity contribution < 1.29 is 0 Å². The lowest BCUT2D eigenvalue weighted by Crippen LogP contribution is -2.47. The van der Waals surface area contributed by atoms with Gasteiger partial charge in [-0.2, -0.15) is 0 Å². The molecule has 2 saturated heterocycles. The fourth-order valence-corrected chi connectivity index (χ4v) is 7.29. The number of benzene rings is 1. The highest BCUT2D eigenvalue weighted by molar-refractivity contribution is 5.92. The Balaban J connectivity index is 0.000000191. The first-order chi connectivity index (χ1) is 17.4. The predicted molar refractivity (Wildman–Crippen MR) is 145 cm³/mol. The molecule has 3 aromatic rings. The highest BCUT2D eigenvalue weighted by atomic mass is 15.2. The first kappa shape index (κ1) is 23.0. The van der Waals surface area contributed by atoms with Gasteiger partial charge in [0.25, 0.3) is 0 Å². The molecule has 2 aliphatic carbocycles. The van der Waals surface area contributed by atoms with Crippen molar-refractivity contribution in [1.29, 1.82) is 0 Å². The quantitative estimate of drug-likeness (QED) is 0.436. The van der Waals surface area contributed by atoms with Crippen LogP contribution in [0.25, 0.3) is 22.3 Å². The second kappa shape index (κ2) is 10.7. The first-order valence-electron chi connectivity index (χ1n) is 14.3. The highest BCUT2D eigenvalue weighted by Crippen LogP contribution is 2.39. The molecule has 0 bridgehead atoms. The summed E-state index contributed by atoms with van der Waals surface area (Å²) in [5, 5.41) is 4.78. The van der Waals surface area contributed by atoms with Gasteiger partial charge in [0.05, 0.1) is 5.39 Å². The average molecular weight is 472 g/mol. The predicted octanol–water partition coefficient (Wildman–Crippen LogP) is 6.71. The van der Waals surface area contributed by atoms with Crippen LogP contribution in [-0.2, 0) is 0 Å². The number of rotatable bonds is 2. The van der Waals surface area contributed by atoms with E-state index in [2.05, 4.69) is 50.5 Å². The van der Waals surface area contributed by atoms with Crippen LogP contribution in [0.2, 0.25) is 0 Å². The number of nitrogens with one attached hydrogen (secondary N) is 2. The summed E-state index contributed by atoms with van der Waals surface area (Å²) < 4.78 is 0. The number of fused-ring (bicyclic) bond motifs is 3. The summed E-state index contributed by atoms with van der Waals surface area (Å²) in [5.41, 5.74) is 3.26. The molecular weight excluding hydrogens is 430 g/mol. The van der Waals surface area contributed by atoms with Crippen molar-refractivity contribution in [2.45, 2.75) is 89.1 Å². The van der Waals surface area contributed by atoms with Crippen LogP contribution >= 0.6 is 0 Å². The Morgan fingerprint density at radius 3 is 2.43 bits per heavy atom. The van der Waals surface area contributed by atoms with E-state index in [1.165, 1.54) is 89.2 Å². The van der Waals surface area contributed by atoms with E-state index in [1.54, 1.807) is 6.33 Å². The molecule has 4 heterocycles. The van der Waals surface area contributed by atoms with Gasteiger partial charge in [0.15, 0.2) is 0 Å². The van der Waals surface area contributed by atoms with Gasteiger partial charge in [0.1, 0.15) is 17.8 Å². The van der Waals surface area contributed by atoms with Crippen LogP contribution in [0.5, 0.6) is 0 Å². The van der Waals surface area contributed by atoms with E-state index in [0.29, 0.717) is 6.04 Å². The Morgan fingerprint density at radius 1 is 0.771 bits per heavy atom. The molecule has 2 saturated carbocycles. The second-order valence-electron chi connectivity index (χ2n) is 11.2. The maximum Gasteiger partial charge on any atom is 0.143 e. The number of H-pyrrole nitrogens is 1. The minimum Gasteiger partial charge on any atom is -0.353 e. The Hall–Kier alpha value is -2.40. The van der Waals surface area contributed by atoms with Crippen molar-refractivity contribution >= 4 is 16.9 Å². The number of aromatic amines is 1. The van der Waals surface area contributed by atoms with Crippen molar-refractivity contribution in [3.63, 3.8) is 0 Å². The molecule has 7 rings (SSSR count). The zero-order chi connectivity index (χ0) is 23.5. The van der Waals surface area contributed by atoms with E-state index in [0.717, 1.165) is 47.0 Å². The van der Waals surface area contributed by atoms with E-state index < -0.39 is 0 Å². The smallest absolute Gasteiger partial charge is 0.143 e. The lowest BCUT2D eigenvalue weighted by molar-refractivity contribution is 0.212.